The number of benzene rings is 2. The Labute approximate surface area is 162 Å². The first-order chi connectivity index (χ1) is 13.2. The fourth-order valence-corrected chi connectivity index (χ4v) is 4.70. The molecule has 0 unspecified atom stereocenters. The second-order valence-electron chi connectivity index (χ2n) is 6.69. The minimum atomic E-state index is -3.83. The average molecular weight is 410 g/mol. The van der Waals surface area contributed by atoms with E-state index in [-0.39, 0.29) is 41.4 Å². The Morgan fingerprint density at radius 1 is 1.11 bits per heavy atom. The first kappa shape index (κ1) is 20.4. The van der Waals surface area contributed by atoms with Crippen molar-refractivity contribution in [3.05, 3.63) is 59.7 Å². The van der Waals surface area contributed by atoms with Gasteiger partial charge in [0.25, 0.3) is 5.91 Å². The zero-order valence-electron chi connectivity index (χ0n) is 15.4. The van der Waals surface area contributed by atoms with Crippen LogP contribution >= 0.6 is 0 Å². The summed E-state index contributed by atoms with van der Waals surface area (Å²) in [6, 6.07) is 8.11. The molecule has 1 aliphatic rings. The van der Waals surface area contributed by atoms with E-state index in [1.54, 1.807) is 13.8 Å². The van der Waals surface area contributed by atoms with Gasteiger partial charge in [0.05, 0.1) is 22.8 Å². The molecule has 9 heteroatoms. The van der Waals surface area contributed by atoms with Crippen molar-refractivity contribution >= 4 is 21.6 Å². The van der Waals surface area contributed by atoms with Gasteiger partial charge in [-0.25, -0.2) is 17.2 Å². The highest BCUT2D eigenvalue weighted by Crippen LogP contribution is 2.23. The molecule has 1 amide bonds. The Balaban J connectivity index is 1.85. The lowest BCUT2D eigenvalue weighted by molar-refractivity contribution is -0.0440. The standard InChI is InChI=1S/C19H20F2N2O4S/c1-12-10-23(11-13(2)27-12)28(25,26)16-5-3-4-14(8-16)19(24)22-18-9-15(20)6-7-17(18)21/h3-9,12-13H,10-11H2,1-2H3,(H,22,24)/t12-,13-/m0/s1. The van der Waals surface area contributed by atoms with Gasteiger partial charge in [-0.05, 0) is 44.2 Å². The van der Waals surface area contributed by atoms with Crippen molar-refractivity contribution in [2.45, 2.75) is 31.0 Å². The topological polar surface area (TPSA) is 75.7 Å². The quantitative estimate of drug-likeness (QED) is 0.841. The SMILES string of the molecule is C[C@H]1CN(S(=O)(=O)c2cccc(C(=O)Nc3cc(F)ccc3F)c2)C[C@H](C)O1. The van der Waals surface area contributed by atoms with E-state index in [2.05, 4.69) is 5.32 Å². The number of anilines is 1. The molecule has 2 atom stereocenters. The predicted octanol–water partition coefficient (Wildman–Crippen LogP) is 3.02. The number of rotatable bonds is 4. The fraction of sp³-hybridized carbons (Fsp3) is 0.316. The van der Waals surface area contributed by atoms with Crippen LogP contribution in [0.2, 0.25) is 0 Å². The molecule has 2 aromatic carbocycles. The molecule has 3 rings (SSSR count). The van der Waals surface area contributed by atoms with Gasteiger partial charge in [0.1, 0.15) is 11.6 Å². The summed E-state index contributed by atoms with van der Waals surface area (Å²) in [4.78, 5) is 12.4. The first-order valence-electron chi connectivity index (χ1n) is 8.69. The summed E-state index contributed by atoms with van der Waals surface area (Å²) in [6.45, 7) is 3.99. The number of carbonyl (C=O) groups excluding carboxylic acids is 1. The smallest absolute Gasteiger partial charge is 0.255 e. The van der Waals surface area contributed by atoms with Gasteiger partial charge in [-0.1, -0.05) is 6.07 Å². The van der Waals surface area contributed by atoms with Crippen LogP contribution in [0.3, 0.4) is 0 Å². The lowest BCUT2D eigenvalue weighted by atomic mass is 10.2. The van der Waals surface area contributed by atoms with E-state index in [0.29, 0.717) is 0 Å². The summed E-state index contributed by atoms with van der Waals surface area (Å²) in [6.07, 6.45) is -0.498. The molecule has 0 radical (unpaired) electrons. The van der Waals surface area contributed by atoms with Crippen LogP contribution in [0.5, 0.6) is 0 Å². The third-order valence-corrected chi connectivity index (χ3v) is 6.12. The number of amides is 1. The summed E-state index contributed by atoms with van der Waals surface area (Å²) in [5.41, 5.74) is -0.312. The summed E-state index contributed by atoms with van der Waals surface area (Å²) in [7, 11) is -3.83. The van der Waals surface area contributed by atoms with Gasteiger partial charge in [-0.3, -0.25) is 4.79 Å². The maximum atomic E-state index is 13.7. The van der Waals surface area contributed by atoms with Crippen molar-refractivity contribution in [1.82, 2.24) is 4.31 Å². The molecule has 1 heterocycles. The second-order valence-corrected chi connectivity index (χ2v) is 8.62. The molecule has 28 heavy (non-hydrogen) atoms. The van der Waals surface area contributed by atoms with Crippen molar-refractivity contribution in [2.75, 3.05) is 18.4 Å². The monoisotopic (exact) mass is 410 g/mol. The van der Waals surface area contributed by atoms with Gasteiger partial charge in [-0.15, -0.1) is 0 Å². The highest BCUT2D eigenvalue weighted by Gasteiger charge is 2.32. The van der Waals surface area contributed by atoms with Gasteiger partial charge >= 0.3 is 0 Å². The van der Waals surface area contributed by atoms with Crippen molar-refractivity contribution in [3.8, 4) is 0 Å². The van der Waals surface area contributed by atoms with E-state index >= 15 is 0 Å². The molecule has 1 saturated heterocycles. The largest absolute Gasteiger partial charge is 0.373 e. The average Bonchev–Trinajstić information content (AvgIpc) is 2.64. The van der Waals surface area contributed by atoms with Crippen molar-refractivity contribution < 1.29 is 26.7 Å². The van der Waals surface area contributed by atoms with E-state index in [1.807, 2.05) is 0 Å². The molecular formula is C19H20F2N2O4S. The van der Waals surface area contributed by atoms with Crippen LogP contribution in [-0.2, 0) is 14.8 Å². The number of carbonyl (C=O) groups is 1. The van der Waals surface area contributed by atoms with Crippen molar-refractivity contribution in [1.29, 1.82) is 0 Å². The summed E-state index contributed by atoms with van der Waals surface area (Å²) >= 11 is 0. The molecule has 150 valence electrons. The van der Waals surface area contributed by atoms with Crippen LogP contribution < -0.4 is 5.32 Å². The third kappa shape index (κ3) is 4.37. The van der Waals surface area contributed by atoms with Gasteiger partial charge < -0.3 is 10.1 Å². The molecular weight excluding hydrogens is 390 g/mol. The Kier molecular flexibility index (Phi) is 5.78. The lowest BCUT2D eigenvalue weighted by Gasteiger charge is -2.34. The zero-order chi connectivity index (χ0) is 20.5. The Hall–Kier alpha value is -2.36. The predicted molar refractivity (Wildman–Crippen MR) is 99.5 cm³/mol. The van der Waals surface area contributed by atoms with Gasteiger partial charge in [-0.2, -0.15) is 4.31 Å². The lowest BCUT2D eigenvalue weighted by Crippen LogP contribution is -2.48. The van der Waals surface area contributed by atoms with Crippen LogP contribution in [0.25, 0.3) is 0 Å². The number of hydrogen-bond donors (Lipinski definition) is 1. The van der Waals surface area contributed by atoms with Crippen molar-refractivity contribution in [2.24, 2.45) is 0 Å². The van der Waals surface area contributed by atoms with E-state index in [0.717, 1.165) is 18.2 Å². The molecule has 2 aromatic rings. The number of nitrogens with zero attached hydrogens (tertiary/aromatic N) is 1. The number of ether oxygens (including phenoxy) is 1. The molecule has 0 spiro atoms. The van der Waals surface area contributed by atoms with Crippen molar-refractivity contribution in [3.63, 3.8) is 0 Å². The molecule has 1 aliphatic heterocycles. The van der Waals surface area contributed by atoms with Crippen LogP contribution in [0, 0.1) is 11.6 Å². The summed E-state index contributed by atoms with van der Waals surface area (Å²) < 4.78 is 59.8. The highest BCUT2D eigenvalue weighted by molar-refractivity contribution is 7.89. The normalized spacial score (nSPS) is 20.7. The van der Waals surface area contributed by atoms with E-state index in [1.165, 1.54) is 28.6 Å². The fourth-order valence-electron chi connectivity index (χ4n) is 3.06. The minimum Gasteiger partial charge on any atom is -0.373 e. The van der Waals surface area contributed by atoms with Gasteiger partial charge in [0.15, 0.2) is 0 Å². The first-order valence-corrected chi connectivity index (χ1v) is 10.1. The second kappa shape index (κ2) is 7.94. The number of sulfonamides is 1. The summed E-state index contributed by atoms with van der Waals surface area (Å²) in [5.74, 6) is -2.25. The Bertz CT molecular complexity index is 987. The molecule has 1 N–H and O–H groups in total. The Morgan fingerprint density at radius 3 is 2.46 bits per heavy atom. The number of halogens is 2. The third-order valence-electron chi connectivity index (χ3n) is 4.30. The van der Waals surface area contributed by atoms with Crippen LogP contribution in [-0.4, -0.2) is 43.9 Å². The van der Waals surface area contributed by atoms with E-state index in [9.17, 15) is 22.0 Å². The zero-order valence-corrected chi connectivity index (χ0v) is 16.2. The number of nitrogens with one attached hydrogen (secondary N) is 1. The molecule has 6 nitrogen and oxygen atoms in total. The van der Waals surface area contributed by atoms with E-state index in [4.69, 9.17) is 4.74 Å². The molecule has 0 saturated carbocycles. The maximum Gasteiger partial charge on any atom is 0.255 e. The summed E-state index contributed by atoms with van der Waals surface area (Å²) in [5, 5.41) is 2.26. The Morgan fingerprint density at radius 2 is 1.79 bits per heavy atom. The van der Waals surface area contributed by atoms with Gasteiger partial charge in [0.2, 0.25) is 10.0 Å². The molecule has 1 fully saturated rings. The van der Waals surface area contributed by atoms with E-state index < -0.39 is 27.6 Å². The maximum absolute atomic E-state index is 13.7. The van der Waals surface area contributed by atoms with Crippen LogP contribution in [0.1, 0.15) is 24.2 Å². The molecule has 0 aliphatic carbocycles. The highest BCUT2D eigenvalue weighted by atomic mass is 32.2. The molecule has 0 bridgehead atoms. The van der Waals surface area contributed by atoms with Gasteiger partial charge in [0, 0.05) is 24.7 Å². The molecule has 0 aromatic heterocycles. The number of morpholine rings is 1. The van der Waals surface area contributed by atoms with Crippen LogP contribution in [0.4, 0.5) is 14.5 Å². The number of hydrogen-bond acceptors (Lipinski definition) is 4. The minimum absolute atomic E-state index is 0.0130. The van der Waals surface area contributed by atoms with Crippen LogP contribution in [0.15, 0.2) is 47.4 Å².